The monoisotopic (exact) mass is 388 g/mol. The smallest absolute Gasteiger partial charge is 0.279 e. The van der Waals surface area contributed by atoms with Crippen LogP contribution in [-0.2, 0) is 16.4 Å². The van der Waals surface area contributed by atoms with Crippen molar-refractivity contribution in [3.8, 4) is 12.3 Å². The number of halogens is 1. The normalized spacial score (nSPS) is 12.3. The van der Waals surface area contributed by atoms with E-state index in [1.807, 2.05) is 0 Å². The number of sulfone groups is 1. The van der Waals surface area contributed by atoms with E-state index >= 15 is 0 Å². The lowest BCUT2D eigenvalue weighted by molar-refractivity contribution is 0.0997. The first-order valence-corrected chi connectivity index (χ1v) is 10.1. The van der Waals surface area contributed by atoms with Gasteiger partial charge in [0.15, 0.2) is 14.6 Å². The fourth-order valence-electron chi connectivity index (χ4n) is 2.42. The lowest BCUT2D eigenvalue weighted by Crippen LogP contribution is -2.17. The first kappa shape index (κ1) is 18.0. The van der Waals surface area contributed by atoms with Crippen molar-refractivity contribution in [2.75, 3.05) is 6.26 Å². The van der Waals surface area contributed by atoms with Crippen molar-refractivity contribution >= 4 is 37.3 Å². The van der Waals surface area contributed by atoms with Crippen molar-refractivity contribution in [3.05, 3.63) is 58.6 Å². The van der Waals surface area contributed by atoms with E-state index in [2.05, 4.69) is 10.9 Å². The molecule has 0 aliphatic carbocycles. The summed E-state index contributed by atoms with van der Waals surface area (Å²) in [6.07, 6.45) is 6.42. The van der Waals surface area contributed by atoms with Gasteiger partial charge in [-0.15, -0.1) is 6.42 Å². The molecule has 0 fully saturated rings. The molecule has 1 amide bonds. The molecule has 0 aliphatic heterocycles. The van der Waals surface area contributed by atoms with Gasteiger partial charge in [-0.3, -0.25) is 4.79 Å². The number of hydrogen-bond acceptors (Lipinski definition) is 4. The summed E-state index contributed by atoms with van der Waals surface area (Å²) in [6.45, 7) is 0.0520. The van der Waals surface area contributed by atoms with Crippen LogP contribution in [0.1, 0.15) is 10.4 Å². The fraction of sp³-hybridized carbons (Fsp3) is 0.111. The van der Waals surface area contributed by atoms with E-state index in [1.54, 1.807) is 12.1 Å². The molecule has 0 bridgehead atoms. The van der Waals surface area contributed by atoms with Crippen LogP contribution in [0, 0.1) is 18.2 Å². The van der Waals surface area contributed by atoms with Crippen LogP contribution < -0.4 is 4.80 Å². The van der Waals surface area contributed by atoms with E-state index in [0.717, 1.165) is 17.6 Å². The highest BCUT2D eigenvalue weighted by Gasteiger charge is 2.14. The van der Waals surface area contributed by atoms with Gasteiger partial charge < -0.3 is 4.57 Å². The number of para-hydroxylation sites is 1. The van der Waals surface area contributed by atoms with Crippen LogP contribution in [0.4, 0.5) is 4.39 Å². The lowest BCUT2D eigenvalue weighted by Gasteiger charge is -2.02. The van der Waals surface area contributed by atoms with Crippen LogP contribution in [0.5, 0.6) is 0 Å². The summed E-state index contributed by atoms with van der Waals surface area (Å²) in [5, 5.41) is 0. The third-order valence-corrected chi connectivity index (χ3v) is 5.76. The van der Waals surface area contributed by atoms with Crippen molar-refractivity contribution in [2.24, 2.45) is 4.99 Å². The van der Waals surface area contributed by atoms with Gasteiger partial charge in [0.2, 0.25) is 0 Å². The zero-order chi connectivity index (χ0) is 18.9. The first-order valence-electron chi connectivity index (χ1n) is 7.42. The number of benzene rings is 2. The first-order chi connectivity index (χ1) is 12.3. The van der Waals surface area contributed by atoms with Gasteiger partial charge in [-0.05, 0) is 30.3 Å². The molecule has 3 rings (SSSR count). The molecule has 0 spiro atoms. The van der Waals surface area contributed by atoms with Crippen LogP contribution in [0.15, 0.2) is 52.4 Å². The maximum Gasteiger partial charge on any atom is 0.279 e. The number of carbonyl (C=O) groups excluding carboxylic acids is 1. The highest BCUT2D eigenvalue weighted by atomic mass is 32.2. The van der Waals surface area contributed by atoms with Gasteiger partial charge in [0.05, 0.1) is 21.7 Å². The Morgan fingerprint density at radius 2 is 2.04 bits per heavy atom. The molecule has 0 aliphatic rings. The Morgan fingerprint density at radius 1 is 1.31 bits per heavy atom. The number of carbonyl (C=O) groups is 1. The minimum absolute atomic E-state index is 0.0254. The number of amides is 1. The molecule has 1 heterocycles. The summed E-state index contributed by atoms with van der Waals surface area (Å²) in [4.78, 5) is 16.8. The van der Waals surface area contributed by atoms with Crippen LogP contribution in [0.2, 0.25) is 0 Å². The van der Waals surface area contributed by atoms with E-state index in [0.29, 0.717) is 4.70 Å². The maximum absolute atomic E-state index is 14.2. The highest BCUT2D eigenvalue weighted by molar-refractivity contribution is 7.90. The third kappa shape index (κ3) is 3.45. The van der Waals surface area contributed by atoms with Crippen LogP contribution >= 0.6 is 11.3 Å². The third-order valence-electron chi connectivity index (χ3n) is 3.61. The number of terminal acetylenes is 1. The number of nitrogens with zero attached hydrogens (tertiary/aromatic N) is 2. The van der Waals surface area contributed by atoms with Crippen molar-refractivity contribution in [1.29, 1.82) is 0 Å². The standard InChI is InChI=1S/C18H13FN2O3S2/c1-3-10-21-16-14(19)8-5-9-15(16)25-18(21)20-17(22)12-6-4-7-13(11-12)26(2,23)24/h1,4-9,11H,10H2,2H3. The van der Waals surface area contributed by atoms with E-state index in [4.69, 9.17) is 6.42 Å². The average molecular weight is 388 g/mol. The number of hydrogen-bond donors (Lipinski definition) is 0. The maximum atomic E-state index is 14.2. The summed E-state index contributed by atoms with van der Waals surface area (Å²) in [5.74, 6) is 1.34. The molecule has 26 heavy (non-hydrogen) atoms. The van der Waals surface area contributed by atoms with Crippen LogP contribution in [-0.4, -0.2) is 25.1 Å². The van der Waals surface area contributed by atoms with Gasteiger partial charge in [-0.1, -0.05) is 29.4 Å². The van der Waals surface area contributed by atoms with Crippen molar-refractivity contribution in [1.82, 2.24) is 4.57 Å². The van der Waals surface area contributed by atoms with E-state index in [1.165, 1.54) is 34.9 Å². The van der Waals surface area contributed by atoms with Crippen molar-refractivity contribution in [3.63, 3.8) is 0 Å². The topological polar surface area (TPSA) is 68.5 Å². The summed E-state index contributed by atoms with van der Waals surface area (Å²) in [7, 11) is -3.45. The number of thiazole rings is 1. The molecular formula is C18H13FN2O3S2. The summed E-state index contributed by atoms with van der Waals surface area (Å²) < 4.78 is 39.5. The van der Waals surface area contributed by atoms with Crippen molar-refractivity contribution < 1.29 is 17.6 Å². The molecule has 0 unspecified atom stereocenters. The zero-order valence-electron chi connectivity index (χ0n) is 13.6. The van der Waals surface area contributed by atoms with Gasteiger partial charge >= 0.3 is 0 Å². The largest absolute Gasteiger partial charge is 0.302 e. The zero-order valence-corrected chi connectivity index (χ0v) is 15.3. The predicted octanol–water partition coefficient (Wildman–Crippen LogP) is 2.62. The minimum Gasteiger partial charge on any atom is -0.302 e. The lowest BCUT2D eigenvalue weighted by atomic mass is 10.2. The fourth-order valence-corrected chi connectivity index (χ4v) is 4.13. The van der Waals surface area contributed by atoms with E-state index < -0.39 is 21.6 Å². The molecule has 5 nitrogen and oxygen atoms in total. The number of fused-ring (bicyclic) bond motifs is 1. The molecule has 0 atom stereocenters. The summed E-state index contributed by atoms with van der Waals surface area (Å²) in [6, 6.07) is 10.2. The molecule has 0 N–H and O–H groups in total. The predicted molar refractivity (Wildman–Crippen MR) is 98.1 cm³/mol. The Morgan fingerprint density at radius 3 is 2.73 bits per heavy atom. The van der Waals surface area contributed by atoms with Gasteiger partial charge in [-0.25, -0.2) is 12.8 Å². The minimum atomic E-state index is -3.45. The second-order valence-electron chi connectivity index (χ2n) is 5.48. The molecule has 0 saturated carbocycles. The molecule has 132 valence electrons. The SMILES string of the molecule is C#CCn1c(=NC(=O)c2cccc(S(C)(=O)=O)c2)sc2cccc(F)c21. The molecule has 0 saturated heterocycles. The molecule has 1 aromatic heterocycles. The molecule has 3 aromatic rings. The molecular weight excluding hydrogens is 375 g/mol. The number of aromatic nitrogens is 1. The summed E-state index contributed by atoms with van der Waals surface area (Å²) in [5.41, 5.74) is 0.407. The van der Waals surface area contributed by atoms with Crippen LogP contribution in [0.3, 0.4) is 0 Å². The quantitative estimate of drug-likeness (QED) is 0.648. The second kappa shape index (κ2) is 6.86. The van der Waals surface area contributed by atoms with Crippen LogP contribution in [0.25, 0.3) is 10.2 Å². The Balaban J connectivity index is 2.17. The molecule has 0 radical (unpaired) electrons. The Kier molecular flexibility index (Phi) is 4.76. The average Bonchev–Trinajstić information content (AvgIpc) is 2.93. The molecule has 8 heteroatoms. The summed E-state index contributed by atoms with van der Waals surface area (Å²) >= 11 is 1.13. The second-order valence-corrected chi connectivity index (χ2v) is 8.50. The highest BCUT2D eigenvalue weighted by Crippen LogP contribution is 2.20. The van der Waals surface area contributed by atoms with Gasteiger partial charge in [0.25, 0.3) is 5.91 Å². The van der Waals surface area contributed by atoms with Crippen molar-refractivity contribution in [2.45, 2.75) is 11.4 Å². The Bertz CT molecular complexity index is 1230. The van der Waals surface area contributed by atoms with Gasteiger partial charge in [0, 0.05) is 11.8 Å². The van der Waals surface area contributed by atoms with Gasteiger partial charge in [0.1, 0.15) is 5.82 Å². The number of rotatable bonds is 3. The van der Waals surface area contributed by atoms with Gasteiger partial charge in [-0.2, -0.15) is 4.99 Å². The van der Waals surface area contributed by atoms with E-state index in [9.17, 15) is 17.6 Å². The Hall–Kier alpha value is -2.76. The Labute approximate surface area is 153 Å². The van der Waals surface area contributed by atoms with E-state index in [-0.39, 0.29) is 27.3 Å². The molecule has 2 aromatic carbocycles.